The normalized spacial score (nSPS) is 13.1. The van der Waals surface area contributed by atoms with Crippen molar-refractivity contribution in [1.29, 1.82) is 0 Å². The predicted octanol–water partition coefficient (Wildman–Crippen LogP) is 2.90. The van der Waals surface area contributed by atoms with Gasteiger partial charge in [0.15, 0.2) is 5.82 Å². The lowest BCUT2D eigenvalue weighted by atomic mass is 10.2. The lowest BCUT2D eigenvalue weighted by molar-refractivity contribution is 0.197. The average molecular weight is 353 g/mol. The Kier molecular flexibility index (Phi) is 6.17. The number of urea groups is 1. The maximum Gasteiger partial charge on any atom is 0.318 e. The first-order valence-corrected chi connectivity index (χ1v) is 9.36. The maximum absolute atomic E-state index is 12.4. The molecule has 0 radical (unpaired) electrons. The maximum atomic E-state index is 12.4. The largest absolute Gasteiger partial charge is 0.338 e. The Labute approximate surface area is 155 Å². The van der Waals surface area contributed by atoms with Gasteiger partial charge in [-0.2, -0.15) is 0 Å². The van der Waals surface area contributed by atoms with Gasteiger partial charge in [0.05, 0.1) is 18.8 Å². The third kappa shape index (κ3) is 4.38. The van der Waals surface area contributed by atoms with Crippen LogP contribution in [0.4, 0.5) is 4.79 Å². The molecule has 0 bridgehead atoms. The van der Waals surface area contributed by atoms with Gasteiger partial charge in [-0.25, -0.2) is 14.8 Å². The number of hydrogen-bond donors (Lipinski definition) is 1. The first-order chi connectivity index (χ1) is 12.7. The molecule has 1 aliphatic rings. The summed E-state index contributed by atoms with van der Waals surface area (Å²) in [5.41, 5.74) is 2.97. The van der Waals surface area contributed by atoms with Crippen molar-refractivity contribution in [3.63, 3.8) is 0 Å². The molecule has 2 aromatic rings. The first kappa shape index (κ1) is 18.3. The molecule has 3 rings (SSSR count). The minimum atomic E-state index is -0.0243. The van der Waals surface area contributed by atoms with E-state index in [1.165, 1.54) is 0 Å². The molecule has 0 fully saturated rings. The van der Waals surface area contributed by atoms with Crippen molar-refractivity contribution >= 4 is 6.03 Å². The van der Waals surface area contributed by atoms with Gasteiger partial charge in [0, 0.05) is 23.9 Å². The van der Waals surface area contributed by atoms with Gasteiger partial charge in [-0.15, -0.1) is 0 Å². The van der Waals surface area contributed by atoms with E-state index in [1.54, 1.807) is 4.90 Å². The highest BCUT2D eigenvalue weighted by atomic mass is 16.2. The van der Waals surface area contributed by atoms with Gasteiger partial charge in [-0.1, -0.05) is 44.2 Å². The van der Waals surface area contributed by atoms with Crippen LogP contribution in [0.5, 0.6) is 0 Å². The monoisotopic (exact) mass is 353 g/mol. The Morgan fingerprint density at radius 2 is 1.96 bits per heavy atom. The smallest absolute Gasteiger partial charge is 0.318 e. The minimum absolute atomic E-state index is 0.0243. The van der Waals surface area contributed by atoms with E-state index in [1.807, 2.05) is 36.5 Å². The summed E-state index contributed by atoms with van der Waals surface area (Å²) in [6, 6.07) is 9.90. The summed E-state index contributed by atoms with van der Waals surface area (Å²) in [6.45, 7) is 9.25. The highest BCUT2D eigenvalue weighted by Gasteiger charge is 2.25. The molecule has 1 aromatic carbocycles. The zero-order valence-corrected chi connectivity index (χ0v) is 15.6. The molecule has 26 heavy (non-hydrogen) atoms. The van der Waals surface area contributed by atoms with Gasteiger partial charge in [-0.05, 0) is 26.1 Å². The van der Waals surface area contributed by atoms with Crippen LogP contribution in [0.3, 0.4) is 0 Å². The summed E-state index contributed by atoms with van der Waals surface area (Å²) in [5.74, 6) is 0.714. The molecule has 1 N–H and O–H groups in total. The van der Waals surface area contributed by atoms with Crippen LogP contribution in [0.25, 0.3) is 11.4 Å². The number of carbonyl (C=O) groups is 1. The Bertz CT molecular complexity index is 730. The van der Waals surface area contributed by atoms with Crippen molar-refractivity contribution in [2.75, 3.05) is 26.2 Å². The molecule has 0 unspecified atom stereocenters. The van der Waals surface area contributed by atoms with E-state index in [0.717, 1.165) is 42.9 Å². The van der Waals surface area contributed by atoms with Crippen LogP contribution in [-0.2, 0) is 13.1 Å². The van der Waals surface area contributed by atoms with Crippen LogP contribution in [-0.4, -0.2) is 52.0 Å². The van der Waals surface area contributed by atoms with Crippen molar-refractivity contribution in [3.8, 4) is 11.4 Å². The zero-order chi connectivity index (χ0) is 18.4. The fourth-order valence-electron chi connectivity index (χ4n) is 3.17. The highest BCUT2D eigenvalue weighted by Crippen LogP contribution is 2.23. The molecule has 1 aromatic heterocycles. The quantitative estimate of drug-likeness (QED) is 0.778. The van der Waals surface area contributed by atoms with Crippen molar-refractivity contribution < 1.29 is 4.79 Å². The fourth-order valence-corrected chi connectivity index (χ4v) is 3.17. The van der Waals surface area contributed by atoms with Crippen LogP contribution >= 0.6 is 0 Å². The lowest BCUT2D eigenvalue weighted by Crippen LogP contribution is -2.38. The van der Waals surface area contributed by atoms with Gasteiger partial charge < -0.3 is 15.1 Å². The minimum Gasteiger partial charge on any atom is -0.338 e. The van der Waals surface area contributed by atoms with E-state index >= 15 is 0 Å². The standard InChI is InChI=1S/C20H27N5O/c1-3-24(4-2)12-8-11-21-20(26)25-14-17-13-22-19(23-18(17)15-25)16-9-6-5-7-10-16/h5-7,9-10,13H,3-4,8,11-12,14-15H2,1-2H3,(H,21,26). The zero-order valence-electron chi connectivity index (χ0n) is 15.6. The number of fused-ring (bicyclic) bond motifs is 1. The molecule has 2 heterocycles. The van der Waals surface area contributed by atoms with Crippen LogP contribution < -0.4 is 5.32 Å². The number of nitrogens with one attached hydrogen (secondary N) is 1. The summed E-state index contributed by atoms with van der Waals surface area (Å²) in [4.78, 5) is 25.7. The topological polar surface area (TPSA) is 61.4 Å². The number of amides is 2. The van der Waals surface area contributed by atoms with E-state index in [2.05, 4.69) is 34.0 Å². The van der Waals surface area contributed by atoms with Crippen LogP contribution in [0, 0.1) is 0 Å². The second-order valence-electron chi connectivity index (χ2n) is 6.50. The molecule has 0 aliphatic carbocycles. The first-order valence-electron chi connectivity index (χ1n) is 9.36. The van der Waals surface area contributed by atoms with Gasteiger partial charge >= 0.3 is 6.03 Å². The van der Waals surface area contributed by atoms with Gasteiger partial charge in [0.1, 0.15) is 0 Å². The van der Waals surface area contributed by atoms with Gasteiger partial charge in [-0.3, -0.25) is 0 Å². The predicted molar refractivity (Wildman–Crippen MR) is 103 cm³/mol. The molecule has 0 saturated heterocycles. The molecular formula is C20H27N5O. The summed E-state index contributed by atoms with van der Waals surface area (Å²) in [5, 5.41) is 3.02. The lowest BCUT2D eigenvalue weighted by Gasteiger charge is -2.19. The van der Waals surface area contributed by atoms with Crippen molar-refractivity contribution in [2.45, 2.75) is 33.4 Å². The fraction of sp³-hybridized carbons (Fsp3) is 0.450. The molecule has 6 nitrogen and oxygen atoms in total. The van der Waals surface area contributed by atoms with Crippen LogP contribution in [0.2, 0.25) is 0 Å². The number of benzene rings is 1. The molecular weight excluding hydrogens is 326 g/mol. The van der Waals surface area contributed by atoms with Crippen molar-refractivity contribution in [3.05, 3.63) is 47.8 Å². The summed E-state index contributed by atoms with van der Waals surface area (Å²) >= 11 is 0. The number of rotatable bonds is 7. The third-order valence-corrected chi connectivity index (χ3v) is 4.80. The number of carbonyl (C=O) groups excluding carboxylic acids is 1. The molecule has 6 heteroatoms. The molecule has 0 atom stereocenters. The van der Waals surface area contributed by atoms with E-state index in [0.29, 0.717) is 25.5 Å². The van der Waals surface area contributed by atoms with Crippen LogP contribution in [0.1, 0.15) is 31.5 Å². The Morgan fingerprint density at radius 1 is 1.19 bits per heavy atom. The van der Waals surface area contributed by atoms with E-state index in [9.17, 15) is 4.79 Å². The van der Waals surface area contributed by atoms with Gasteiger partial charge in [0.25, 0.3) is 0 Å². The second kappa shape index (κ2) is 8.76. The number of nitrogens with zero attached hydrogens (tertiary/aromatic N) is 4. The van der Waals surface area contributed by atoms with E-state index in [4.69, 9.17) is 0 Å². The van der Waals surface area contributed by atoms with E-state index in [-0.39, 0.29) is 6.03 Å². The number of aromatic nitrogens is 2. The van der Waals surface area contributed by atoms with Crippen LogP contribution in [0.15, 0.2) is 36.5 Å². The summed E-state index contributed by atoms with van der Waals surface area (Å²) in [6.07, 6.45) is 2.81. The molecule has 2 amide bonds. The number of hydrogen-bond acceptors (Lipinski definition) is 4. The third-order valence-electron chi connectivity index (χ3n) is 4.80. The Hall–Kier alpha value is -2.47. The van der Waals surface area contributed by atoms with E-state index < -0.39 is 0 Å². The van der Waals surface area contributed by atoms with Gasteiger partial charge in [0.2, 0.25) is 0 Å². The molecule has 0 spiro atoms. The molecule has 138 valence electrons. The molecule has 0 saturated carbocycles. The average Bonchev–Trinajstić information content (AvgIpc) is 3.12. The second-order valence-corrected chi connectivity index (χ2v) is 6.50. The SMILES string of the molecule is CCN(CC)CCCNC(=O)N1Cc2cnc(-c3ccccc3)nc2C1. The molecule has 1 aliphatic heterocycles. The Balaban J connectivity index is 1.53. The summed E-state index contributed by atoms with van der Waals surface area (Å²) < 4.78 is 0. The highest BCUT2D eigenvalue weighted by molar-refractivity contribution is 5.74. The Morgan fingerprint density at radius 3 is 2.69 bits per heavy atom. The van der Waals surface area contributed by atoms with Crippen molar-refractivity contribution in [2.24, 2.45) is 0 Å². The summed E-state index contributed by atoms with van der Waals surface area (Å²) in [7, 11) is 0. The van der Waals surface area contributed by atoms with Crippen molar-refractivity contribution in [1.82, 2.24) is 25.1 Å².